The van der Waals surface area contributed by atoms with Gasteiger partial charge in [0.1, 0.15) is 11.3 Å². The van der Waals surface area contributed by atoms with Crippen molar-refractivity contribution in [3.63, 3.8) is 0 Å². The molecule has 0 radical (unpaired) electrons. The molecule has 0 unspecified atom stereocenters. The van der Waals surface area contributed by atoms with Gasteiger partial charge in [-0.05, 0) is 32.9 Å². The summed E-state index contributed by atoms with van der Waals surface area (Å²) in [6, 6.07) is 5.07. The van der Waals surface area contributed by atoms with Crippen molar-refractivity contribution in [2.24, 2.45) is 0 Å². The van der Waals surface area contributed by atoms with Crippen molar-refractivity contribution in [2.75, 3.05) is 23.8 Å². The number of methoxy groups -OCH3 is 1. The van der Waals surface area contributed by atoms with Gasteiger partial charge in [-0.2, -0.15) is 9.37 Å². The van der Waals surface area contributed by atoms with Crippen molar-refractivity contribution >= 4 is 34.8 Å². The van der Waals surface area contributed by atoms with Gasteiger partial charge in [0.15, 0.2) is 5.82 Å². The summed E-state index contributed by atoms with van der Waals surface area (Å²) in [7, 11) is -2.98. The van der Waals surface area contributed by atoms with E-state index in [9.17, 15) is 19.3 Å². The van der Waals surface area contributed by atoms with Crippen LogP contribution in [0.25, 0.3) is 0 Å². The van der Waals surface area contributed by atoms with Gasteiger partial charge < -0.3 is 19.7 Å². The Bertz CT molecular complexity index is 1500. The van der Waals surface area contributed by atoms with Gasteiger partial charge in [0.2, 0.25) is 11.8 Å². The normalized spacial score (nSPS) is 15.4. The Labute approximate surface area is 217 Å². The zero-order valence-electron chi connectivity index (χ0n) is 23.8. The maximum absolute atomic E-state index is 14.3. The molecular formula is C25H27FN6O5. The molecule has 0 saturated carbocycles. The number of fused-ring (bicyclic) bond motifs is 1. The topological polar surface area (TPSA) is 133 Å². The van der Waals surface area contributed by atoms with Crippen LogP contribution in [0, 0.1) is 22.9 Å². The van der Waals surface area contributed by atoms with Gasteiger partial charge in [-0.15, -0.1) is 0 Å². The SMILES string of the molecule is [2H]C([2H])([2H])Oc1cc(F)c([N+](=O)[O-])cc1Nc1ncc(C(=O)OC(C)C)c(N2CC(C)(C)c3nc(C)ccc32)n1. The smallest absolute Gasteiger partial charge is 0.343 e. The van der Waals surface area contributed by atoms with Crippen molar-refractivity contribution in [3.05, 3.63) is 63.3 Å². The van der Waals surface area contributed by atoms with E-state index in [0.717, 1.165) is 17.5 Å². The summed E-state index contributed by atoms with van der Waals surface area (Å²) in [6.45, 7) is 9.67. The number of hydrogen-bond donors (Lipinski definition) is 1. The van der Waals surface area contributed by atoms with E-state index in [2.05, 4.69) is 20.3 Å². The van der Waals surface area contributed by atoms with Gasteiger partial charge in [-0.3, -0.25) is 15.1 Å². The van der Waals surface area contributed by atoms with Gasteiger partial charge >= 0.3 is 11.7 Å². The first kappa shape index (κ1) is 21.9. The lowest BCUT2D eigenvalue weighted by molar-refractivity contribution is -0.387. The highest BCUT2D eigenvalue weighted by Crippen LogP contribution is 2.44. The molecule has 1 aliphatic heterocycles. The summed E-state index contributed by atoms with van der Waals surface area (Å²) in [6.07, 6.45) is 0.800. The predicted octanol–water partition coefficient (Wildman–Crippen LogP) is 4.97. The number of hydrogen-bond acceptors (Lipinski definition) is 10. The highest BCUT2D eigenvalue weighted by Gasteiger charge is 2.39. The van der Waals surface area contributed by atoms with Gasteiger partial charge in [0.05, 0.1) is 39.2 Å². The summed E-state index contributed by atoms with van der Waals surface area (Å²) >= 11 is 0. The first-order valence-electron chi connectivity index (χ1n) is 12.8. The number of rotatable bonds is 7. The molecule has 0 aliphatic carbocycles. The van der Waals surface area contributed by atoms with Crippen molar-refractivity contribution in [1.82, 2.24) is 15.0 Å². The average Bonchev–Trinajstić information content (AvgIpc) is 3.09. The molecule has 1 N–H and O–H groups in total. The molecule has 4 rings (SSSR count). The number of aromatic nitrogens is 3. The number of carbonyl (C=O) groups is 1. The number of anilines is 4. The molecule has 0 bridgehead atoms. The van der Waals surface area contributed by atoms with E-state index in [1.807, 2.05) is 32.9 Å². The molecule has 0 fully saturated rings. The number of nitro groups is 1. The molecule has 12 heteroatoms. The Hall–Kier alpha value is -4.35. The number of aryl methyl sites for hydroxylation is 1. The molecule has 194 valence electrons. The second-order valence-corrected chi connectivity index (χ2v) is 9.46. The van der Waals surface area contributed by atoms with Crippen LogP contribution in [0.4, 0.5) is 33.2 Å². The maximum Gasteiger partial charge on any atom is 0.343 e. The number of benzene rings is 1. The number of pyridine rings is 1. The third kappa shape index (κ3) is 4.99. The molecule has 3 aromatic rings. The summed E-state index contributed by atoms with van der Waals surface area (Å²) < 4.78 is 46.8. The van der Waals surface area contributed by atoms with Crippen molar-refractivity contribution < 1.29 is 27.7 Å². The van der Waals surface area contributed by atoms with Crippen LogP contribution in [0.2, 0.25) is 0 Å². The molecule has 0 saturated heterocycles. The molecule has 0 atom stereocenters. The van der Waals surface area contributed by atoms with E-state index in [4.69, 9.17) is 13.6 Å². The van der Waals surface area contributed by atoms with E-state index in [-0.39, 0.29) is 23.0 Å². The van der Waals surface area contributed by atoms with E-state index >= 15 is 0 Å². The van der Waals surface area contributed by atoms with Crippen LogP contribution in [0.15, 0.2) is 30.5 Å². The van der Waals surface area contributed by atoms with Crippen LogP contribution in [0.3, 0.4) is 0 Å². The van der Waals surface area contributed by atoms with Crippen LogP contribution < -0.4 is 15.0 Å². The molecule has 1 aliphatic rings. The molecule has 3 heterocycles. The number of nitrogens with one attached hydrogen (secondary N) is 1. The number of halogens is 1. The highest BCUT2D eigenvalue weighted by atomic mass is 19.1. The monoisotopic (exact) mass is 513 g/mol. The molecule has 11 nitrogen and oxygen atoms in total. The molecule has 1 aromatic carbocycles. The maximum atomic E-state index is 14.3. The lowest BCUT2D eigenvalue weighted by Gasteiger charge is -2.23. The predicted molar refractivity (Wildman–Crippen MR) is 134 cm³/mol. The third-order valence-electron chi connectivity index (χ3n) is 5.69. The molecular weight excluding hydrogens is 483 g/mol. The van der Waals surface area contributed by atoms with Gasteiger partial charge in [-0.25, -0.2) is 9.78 Å². The second-order valence-electron chi connectivity index (χ2n) is 9.46. The van der Waals surface area contributed by atoms with Crippen molar-refractivity contribution in [2.45, 2.75) is 46.1 Å². The summed E-state index contributed by atoms with van der Waals surface area (Å²) in [4.78, 5) is 38.6. The fourth-order valence-corrected chi connectivity index (χ4v) is 4.06. The van der Waals surface area contributed by atoms with Gasteiger partial charge in [0, 0.05) is 36.0 Å². The number of esters is 1. The highest BCUT2D eigenvalue weighted by molar-refractivity contribution is 5.96. The van der Waals surface area contributed by atoms with Crippen LogP contribution in [0.1, 0.15) is 53.6 Å². The Morgan fingerprint density at radius 2 is 2.08 bits per heavy atom. The van der Waals surface area contributed by atoms with Gasteiger partial charge in [-0.1, -0.05) is 13.8 Å². The number of nitrogens with zero attached hydrogens (tertiary/aromatic N) is 5. The average molecular weight is 514 g/mol. The minimum absolute atomic E-state index is 0.0486. The molecule has 0 amide bonds. The lowest BCUT2D eigenvalue weighted by Crippen LogP contribution is -2.28. The van der Waals surface area contributed by atoms with Crippen molar-refractivity contribution in [1.29, 1.82) is 0 Å². The Kier molecular flexibility index (Phi) is 5.68. The number of carbonyl (C=O) groups excluding carboxylic acids is 1. The molecule has 37 heavy (non-hydrogen) atoms. The first-order chi connectivity index (χ1) is 18.6. The van der Waals surface area contributed by atoms with E-state index in [1.165, 1.54) is 6.20 Å². The lowest BCUT2D eigenvalue weighted by atomic mass is 9.91. The summed E-state index contributed by atoms with van der Waals surface area (Å²) in [5.74, 6) is -2.49. The quantitative estimate of drug-likeness (QED) is 0.262. The molecule has 2 aromatic heterocycles. The third-order valence-corrected chi connectivity index (χ3v) is 5.69. The van der Waals surface area contributed by atoms with E-state index in [1.54, 1.807) is 18.7 Å². The van der Waals surface area contributed by atoms with Crippen LogP contribution in [0.5, 0.6) is 5.75 Å². The van der Waals surface area contributed by atoms with Crippen LogP contribution >= 0.6 is 0 Å². The van der Waals surface area contributed by atoms with E-state index in [0.29, 0.717) is 18.3 Å². The molecule has 0 spiro atoms. The Morgan fingerprint density at radius 3 is 2.76 bits per heavy atom. The van der Waals surface area contributed by atoms with Crippen molar-refractivity contribution in [3.8, 4) is 5.75 Å². The number of ether oxygens (including phenoxy) is 2. The van der Waals surface area contributed by atoms with E-state index < -0.39 is 46.7 Å². The summed E-state index contributed by atoms with van der Waals surface area (Å²) in [5.41, 5.74) is 0.762. The summed E-state index contributed by atoms with van der Waals surface area (Å²) in [5, 5.41) is 14.0. The zero-order chi connectivity index (χ0) is 29.6. The second kappa shape index (κ2) is 9.60. The standard InChI is InChI=1S/C25H27FN6O5/c1-13(2)37-23(33)15-11-27-24(29-17-10-19(32(34)35)16(26)9-20(17)36-6)30-22(15)31-12-25(4,5)21-18(31)8-7-14(3)28-21/h7-11,13H,12H2,1-6H3,(H,27,29,30)/i6D3. The minimum Gasteiger partial charge on any atom is -0.494 e. The minimum atomic E-state index is -2.98. The Morgan fingerprint density at radius 1 is 1.32 bits per heavy atom. The van der Waals surface area contributed by atoms with Gasteiger partial charge in [0.25, 0.3) is 0 Å². The Balaban J connectivity index is 1.85. The van der Waals surface area contributed by atoms with Crippen LogP contribution in [-0.4, -0.2) is 45.5 Å². The zero-order valence-corrected chi connectivity index (χ0v) is 20.8. The fourth-order valence-electron chi connectivity index (χ4n) is 4.06. The van der Waals surface area contributed by atoms with Crippen LogP contribution in [-0.2, 0) is 10.2 Å². The fraction of sp³-hybridized carbons (Fsp3) is 0.360. The first-order valence-corrected chi connectivity index (χ1v) is 11.3. The largest absolute Gasteiger partial charge is 0.494 e. The number of nitro benzene ring substituents is 1.